The Hall–Kier alpha value is -1.17. The second-order valence-electron chi connectivity index (χ2n) is 6.32. The van der Waals surface area contributed by atoms with Gasteiger partial charge in [0, 0.05) is 18.8 Å². The first-order valence-corrected chi connectivity index (χ1v) is 8.55. The van der Waals surface area contributed by atoms with E-state index in [-0.39, 0.29) is 18.3 Å². The van der Waals surface area contributed by atoms with Crippen LogP contribution in [0.25, 0.3) is 0 Å². The molecule has 0 bridgehead atoms. The van der Waals surface area contributed by atoms with Gasteiger partial charge in [0.1, 0.15) is 0 Å². The average Bonchev–Trinajstić information content (AvgIpc) is 2.75. The summed E-state index contributed by atoms with van der Waals surface area (Å²) in [5, 5.41) is 38.7. The maximum Gasteiger partial charge on any atom is 0.303 e. The highest BCUT2D eigenvalue weighted by atomic mass is 16.4. The van der Waals surface area contributed by atoms with Crippen molar-refractivity contribution >= 4 is 5.97 Å². The van der Waals surface area contributed by atoms with Crippen molar-refractivity contribution in [1.29, 1.82) is 0 Å². The van der Waals surface area contributed by atoms with Crippen LogP contribution in [0.5, 0.6) is 0 Å². The summed E-state index contributed by atoms with van der Waals surface area (Å²) in [5.41, 5.74) is 0. The van der Waals surface area contributed by atoms with Gasteiger partial charge in [0.2, 0.25) is 0 Å². The molecule has 1 fully saturated rings. The molecule has 1 saturated carbocycles. The van der Waals surface area contributed by atoms with Gasteiger partial charge in [-0.3, -0.25) is 4.79 Å². The van der Waals surface area contributed by atoms with Crippen molar-refractivity contribution in [2.45, 2.75) is 70.2 Å². The van der Waals surface area contributed by atoms with E-state index in [1.165, 1.54) is 0 Å². The first-order valence-electron chi connectivity index (χ1n) is 8.55. The molecule has 5 heteroatoms. The molecule has 23 heavy (non-hydrogen) atoms. The van der Waals surface area contributed by atoms with Crippen LogP contribution in [0.2, 0.25) is 0 Å². The van der Waals surface area contributed by atoms with Crippen LogP contribution < -0.4 is 0 Å². The van der Waals surface area contributed by atoms with Gasteiger partial charge in [-0.25, -0.2) is 0 Å². The van der Waals surface area contributed by atoms with Gasteiger partial charge in [0.05, 0.1) is 18.3 Å². The molecule has 0 aromatic carbocycles. The lowest BCUT2D eigenvalue weighted by atomic mass is 9.88. The Morgan fingerprint density at radius 3 is 2.61 bits per heavy atom. The van der Waals surface area contributed by atoms with E-state index in [1.807, 2.05) is 25.2 Å². The van der Waals surface area contributed by atoms with E-state index in [4.69, 9.17) is 5.11 Å². The zero-order chi connectivity index (χ0) is 17.2. The number of carbonyl (C=O) groups is 1. The quantitative estimate of drug-likeness (QED) is 0.365. The third kappa shape index (κ3) is 7.29. The molecule has 0 saturated heterocycles. The number of aliphatic carboxylic acids is 1. The van der Waals surface area contributed by atoms with Crippen LogP contribution in [-0.2, 0) is 4.79 Å². The smallest absolute Gasteiger partial charge is 0.303 e. The minimum atomic E-state index is -0.809. The standard InChI is InChI=1S/C18H30O5/c1-2-3-4-7-13(19)10-11-15-14(16(20)12-17(15)21)8-5-6-9-18(22)23/h3-4,10-11,13-17,19-21H,2,5-9,12H2,1H3,(H,22,23)/b4-3-,11-10+/t13-,14-,15+,16-,17+/m1/s1. The number of carboxylic acids is 1. The van der Waals surface area contributed by atoms with Gasteiger partial charge in [-0.05, 0) is 31.6 Å². The summed E-state index contributed by atoms with van der Waals surface area (Å²) in [5.74, 6) is -1.07. The van der Waals surface area contributed by atoms with Crippen molar-refractivity contribution in [3.63, 3.8) is 0 Å². The molecule has 0 aromatic rings. The summed E-state index contributed by atoms with van der Waals surface area (Å²) in [6.07, 6.45) is 9.59. The molecule has 0 amide bonds. The van der Waals surface area contributed by atoms with Gasteiger partial charge in [-0.15, -0.1) is 0 Å². The molecule has 1 aliphatic carbocycles. The van der Waals surface area contributed by atoms with Crippen LogP contribution in [-0.4, -0.2) is 44.7 Å². The molecule has 0 aliphatic heterocycles. The number of carboxylic acid groups (broad SMARTS) is 1. The second-order valence-corrected chi connectivity index (χ2v) is 6.32. The van der Waals surface area contributed by atoms with E-state index >= 15 is 0 Å². The third-order valence-corrected chi connectivity index (χ3v) is 4.43. The first-order chi connectivity index (χ1) is 11.0. The Balaban J connectivity index is 2.51. The molecular weight excluding hydrogens is 296 g/mol. The fourth-order valence-electron chi connectivity index (χ4n) is 3.17. The lowest BCUT2D eigenvalue weighted by Gasteiger charge is -2.21. The Kier molecular flexibility index (Phi) is 9.14. The number of hydrogen-bond donors (Lipinski definition) is 4. The molecule has 0 unspecified atom stereocenters. The number of hydrogen-bond acceptors (Lipinski definition) is 4. The number of aliphatic hydroxyl groups excluding tert-OH is 3. The molecule has 1 aliphatic rings. The first kappa shape index (κ1) is 19.9. The van der Waals surface area contributed by atoms with Crippen LogP contribution in [0.3, 0.4) is 0 Å². The van der Waals surface area contributed by atoms with Crippen LogP contribution in [0.15, 0.2) is 24.3 Å². The lowest BCUT2D eigenvalue weighted by molar-refractivity contribution is -0.137. The molecule has 0 spiro atoms. The number of allylic oxidation sites excluding steroid dienone is 1. The van der Waals surface area contributed by atoms with Crippen molar-refractivity contribution < 1.29 is 25.2 Å². The fourth-order valence-corrected chi connectivity index (χ4v) is 3.17. The molecule has 0 aromatic heterocycles. The normalized spacial score (nSPS) is 29.6. The monoisotopic (exact) mass is 326 g/mol. The highest BCUT2D eigenvalue weighted by Gasteiger charge is 2.39. The van der Waals surface area contributed by atoms with Crippen LogP contribution in [0.1, 0.15) is 51.9 Å². The van der Waals surface area contributed by atoms with Gasteiger partial charge in [0.25, 0.3) is 0 Å². The van der Waals surface area contributed by atoms with Gasteiger partial charge in [0.15, 0.2) is 0 Å². The Bertz CT molecular complexity index is 404. The zero-order valence-corrected chi connectivity index (χ0v) is 13.8. The van der Waals surface area contributed by atoms with Gasteiger partial charge < -0.3 is 20.4 Å². The molecular formula is C18H30O5. The third-order valence-electron chi connectivity index (χ3n) is 4.43. The largest absolute Gasteiger partial charge is 0.481 e. The summed E-state index contributed by atoms with van der Waals surface area (Å²) >= 11 is 0. The van der Waals surface area contributed by atoms with Gasteiger partial charge in [-0.1, -0.05) is 37.6 Å². The Morgan fingerprint density at radius 1 is 1.22 bits per heavy atom. The summed E-state index contributed by atoms with van der Waals surface area (Å²) in [4.78, 5) is 10.5. The van der Waals surface area contributed by atoms with Crippen LogP contribution >= 0.6 is 0 Å². The highest BCUT2D eigenvalue weighted by molar-refractivity contribution is 5.66. The van der Waals surface area contributed by atoms with E-state index in [0.717, 1.165) is 6.42 Å². The van der Waals surface area contributed by atoms with E-state index in [1.54, 1.807) is 6.08 Å². The molecule has 5 nitrogen and oxygen atoms in total. The highest BCUT2D eigenvalue weighted by Crippen LogP contribution is 2.37. The van der Waals surface area contributed by atoms with Crippen molar-refractivity contribution in [2.24, 2.45) is 11.8 Å². The van der Waals surface area contributed by atoms with E-state index < -0.39 is 24.3 Å². The average molecular weight is 326 g/mol. The van der Waals surface area contributed by atoms with Crippen LogP contribution in [0.4, 0.5) is 0 Å². The molecule has 0 radical (unpaired) electrons. The topological polar surface area (TPSA) is 98.0 Å². The van der Waals surface area contributed by atoms with E-state index in [0.29, 0.717) is 32.1 Å². The Morgan fingerprint density at radius 2 is 1.96 bits per heavy atom. The minimum absolute atomic E-state index is 0.0755. The summed E-state index contributed by atoms with van der Waals surface area (Å²) < 4.78 is 0. The number of rotatable bonds is 10. The molecule has 4 N–H and O–H groups in total. The summed E-state index contributed by atoms with van der Waals surface area (Å²) in [7, 11) is 0. The summed E-state index contributed by atoms with van der Waals surface area (Å²) in [6, 6.07) is 0. The SMILES string of the molecule is CC/C=C\C[C@@H](O)/C=C/[C@H]1[C@@H](CCCCC(=O)O)[C@H](O)C[C@@H]1O. The molecule has 1 rings (SSSR count). The van der Waals surface area contributed by atoms with E-state index in [2.05, 4.69) is 0 Å². The van der Waals surface area contributed by atoms with Crippen molar-refractivity contribution in [3.8, 4) is 0 Å². The summed E-state index contributed by atoms with van der Waals surface area (Å²) in [6.45, 7) is 2.03. The van der Waals surface area contributed by atoms with Crippen molar-refractivity contribution in [1.82, 2.24) is 0 Å². The maximum atomic E-state index is 10.5. The minimum Gasteiger partial charge on any atom is -0.481 e. The van der Waals surface area contributed by atoms with E-state index in [9.17, 15) is 20.1 Å². The van der Waals surface area contributed by atoms with Gasteiger partial charge in [-0.2, -0.15) is 0 Å². The van der Waals surface area contributed by atoms with Crippen molar-refractivity contribution in [3.05, 3.63) is 24.3 Å². The predicted molar refractivity (Wildman–Crippen MR) is 88.9 cm³/mol. The number of aliphatic hydroxyl groups is 3. The second kappa shape index (κ2) is 10.6. The Labute approximate surface area is 138 Å². The predicted octanol–water partition coefficient (Wildman–Crippen LogP) is 2.26. The van der Waals surface area contributed by atoms with Crippen LogP contribution in [0, 0.1) is 11.8 Å². The number of unbranched alkanes of at least 4 members (excludes halogenated alkanes) is 1. The van der Waals surface area contributed by atoms with Crippen molar-refractivity contribution in [2.75, 3.05) is 0 Å². The molecule has 0 heterocycles. The maximum absolute atomic E-state index is 10.5. The molecule has 5 atom stereocenters. The lowest BCUT2D eigenvalue weighted by Crippen LogP contribution is -2.21. The molecule has 132 valence electrons. The zero-order valence-electron chi connectivity index (χ0n) is 13.8. The fraction of sp³-hybridized carbons (Fsp3) is 0.722. The van der Waals surface area contributed by atoms with Gasteiger partial charge >= 0.3 is 5.97 Å².